The smallest absolute Gasteiger partial charge is 0.346 e. The molecule has 4 rings (SSSR count). The van der Waals surface area contributed by atoms with E-state index < -0.39 is 12.0 Å². The van der Waals surface area contributed by atoms with Crippen LogP contribution in [0.25, 0.3) is 16.7 Å². The highest BCUT2D eigenvalue weighted by molar-refractivity contribution is 5.94. The number of amides is 1. The maximum atomic E-state index is 13.0. The second kappa shape index (κ2) is 9.05. The molecule has 34 heavy (non-hydrogen) atoms. The third-order valence-corrected chi connectivity index (χ3v) is 5.75. The number of fused-ring (bicyclic) bond motifs is 2. The normalized spacial score (nSPS) is 12.2. The molecular weight excluding hydrogens is 447 g/mol. The van der Waals surface area contributed by atoms with Crippen molar-refractivity contribution in [3.8, 4) is 0 Å². The number of hydrogen-bond donors (Lipinski definition) is 1. The van der Waals surface area contributed by atoms with Gasteiger partial charge in [0.05, 0.1) is 0 Å². The van der Waals surface area contributed by atoms with Crippen LogP contribution < -0.4 is 5.32 Å². The molecule has 0 aliphatic carbocycles. The fourth-order valence-corrected chi connectivity index (χ4v) is 3.93. The second-order valence-electron chi connectivity index (χ2n) is 8.54. The number of benzene rings is 1. The molecule has 0 saturated heterocycles. The lowest BCUT2D eigenvalue weighted by molar-refractivity contribution is -0.144. The first-order valence-electron chi connectivity index (χ1n) is 10.9. The average molecular weight is 474 g/mol. The third-order valence-electron chi connectivity index (χ3n) is 5.75. The van der Waals surface area contributed by atoms with Crippen molar-refractivity contribution in [2.24, 2.45) is 0 Å². The standard InChI is InChI=1S/C23H26F3N7O/c1-14-18(15(2)33-22(27-14)29-21(30-33)23(24,25)26)6-8-20(34)28-17-5-7-19-16(13-17)9-10-32(19)12-11-31(3)4/h5,7,9-10,13H,6,8,11-12H2,1-4H3,(H,28,34). The summed E-state index contributed by atoms with van der Waals surface area (Å²) in [6, 6.07) is 7.79. The van der Waals surface area contributed by atoms with Gasteiger partial charge >= 0.3 is 6.18 Å². The maximum absolute atomic E-state index is 13.0. The van der Waals surface area contributed by atoms with Crippen molar-refractivity contribution in [3.05, 3.63) is 53.2 Å². The highest BCUT2D eigenvalue weighted by Gasteiger charge is 2.37. The molecule has 0 fully saturated rings. The van der Waals surface area contributed by atoms with Crippen molar-refractivity contribution < 1.29 is 18.0 Å². The Balaban J connectivity index is 1.45. The van der Waals surface area contributed by atoms with E-state index in [4.69, 9.17) is 0 Å². The van der Waals surface area contributed by atoms with Crippen LogP contribution in [0.1, 0.15) is 29.2 Å². The molecule has 3 aromatic heterocycles. The van der Waals surface area contributed by atoms with E-state index in [2.05, 4.69) is 29.9 Å². The Hall–Kier alpha value is -3.47. The molecule has 0 aliphatic heterocycles. The van der Waals surface area contributed by atoms with E-state index in [0.717, 1.165) is 28.5 Å². The molecule has 0 radical (unpaired) electrons. The molecule has 0 bridgehead atoms. The summed E-state index contributed by atoms with van der Waals surface area (Å²) in [4.78, 5) is 22.3. The third kappa shape index (κ3) is 4.89. The lowest BCUT2D eigenvalue weighted by Gasteiger charge is -2.12. The van der Waals surface area contributed by atoms with E-state index >= 15 is 0 Å². The Morgan fingerprint density at radius 3 is 2.62 bits per heavy atom. The van der Waals surface area contributed by atoms with Crippen LogP contribution in [0.15, 0.2) is 30.5 Å². The molecule has 4 aromatic rings. The summed E-state index contributed by atoms with van der Waals surface area (Å²) in [6.07, 6.45) is -2.15. The van der Waals surface area contributed by atoms with Gasteiger partial charge in [0, 0.05) is 53.7 Å². The number of nitrogens with one attached hydrogen (secondary N) is 1. The molecule has 8 nitrogen and oxygen atoms in total. The number of carbonyl (C=O) groups excluding carboxylic acids is 1. The fraction of sp³-hybridized carbons (Fsp3) is 0.391. The lowest BCUT2D eigenvalue weighted by atomic mass is 10.1. The Morgan fingerprint density at radius 1 is 1.15 bits per heavy atom. The first-order valence-corrected chi connectivity index (χ1v) is 10.9. The largest absolute Gasteiger partial charge is 0.453 e. The van der Waals surface area contributed by atoms with Gasteiger partial charge in [-0.3, -0.25) is 4.79 Å². The molecule has 0 saturated carbocycles. The zero-order valence-electron chi connectivity index (χ0n) is 19.4. The highest BCUT2D eigenvalue weighted by Crippen LogP contribution is 2.27. The zero-order chi connectivity index (χ0) is 24.6. The fourth-order valence-electron chi connectivity index (χ4n) is 3.93. The number of halogens is 3. The van der Waals surface area contributed by atoms with Crippen molar-refractivity contribution in [1.29, 1.82) is 0 Å². The van der Waals surface area contributed by atoms with Gasteiger partial charge in [-0.15, -0.1) is 5.10 Å². The summed E-state index contributed by atoms with van der Waals surface area (Å²) in [5, 5.41) is 7.48. The molecule has 0 atom stereocenters. The molecule has 180 valence electrons. The summed E-state index contributed by atoms with van der Waals surface area (Å²) in [6.45, 7) is 5.14. The van der Waals surface area contributed by atoms with Gasteiger partial charge in [-0.1, -0.05) is 0 Å². The number of aryl methyl sites for hydroxylation is 2. The molecule has 0 unspecified atom stereocenters. The van der Waals surface area contributed by atoms with Crippen LogP contribution >= 0.6 is 0 Å². The maximum Gasteiger partial charge on any atom is 0.453 e. The minimum absolute atomic E-state index is 0.110. The molecule has 3 heterocycles. The Kier molecular flexibility index (Phi) is 6.30. The number of likely N-dealkylation sites (N-methyl/N-ethyl adjacent to an activating group) is 1. The van der Waals surface area contributed by atoms with Crippen LogP contribution in [0, 0.1) is 13.8 Å². The molecule has 1 amide bonds. The van der Waals surface area contributed by atoms with Crippen LogP contribution in [-0.2, 0) is 23.9 Å². The van der Waals surface area contributed by atoms with Crippen molar-refractivity contribution in [2.75, 3.05) is 26.0 Å². The van der Waals surface area contributed by atoms with Gasteiger partial charge < -0.3 is 14.8 Å². The molecule has 0 aliphatic rings. The number of nitrogens with zero attached hydrogens (tertiary/aromatic N) is 6. The summed E-state index contributed by atoms with van der Waals surface area (Å²) in [5.41, 5.74) is 3.47. The number of hydrogen-bond acceptors (Lipinski definition) is 5. The van der Waals surface area contributed by atoms with E-state index in [0.29, 0.717) is 29.1 Å². The number of aromatic nitrogens is 5. The lowest BCUT2D eigenvalue weighted by Crippen LogP contribution is -2.17. The van der Waals surface area contributed by atoms with E-state index in [1.165, 1.54) is 0 Å². The minimum Gasteiger partial charge on any atom is -0.346 e. The van der Waals surface area contributed by atoms with Crippen LogP contribution in [0.5, 0.6) is 0 Å². The molecule has 1 aromatic carbocycles. The Morgan fingerprint density at radius 2 is 1.91 bits per heavy atom. The average Bonchev–Trinajstić information content (AvgIpc) is 3.36. The molecule has 0 spiro atoms. The number of carbonyl (C=O) groups is 1. The molecule has 1 N–H and O–H groups in total. The van der Waals surface area contributed by atoms with Crippen molar-refractivity contribution in [3.63, 3.8) is 0 Å². The number of rotatable bonds is 7. The number of anilines is 1. The van der Waals surface area contributed by atoms with Gasteiger partial charge in [0.15, 0.2) is 0 Å². The topological polar surface area (TPSA) is 80.3 Å². The molecular formula is C23H26F3N7O. The van der Waals surface area contributed by atoms with Crippen molar-refractivity contribution >= 4 is 28.3 Å². The monoisotopic (exact) mass is 473 g/mol. The minimum atomic E-state index is -4.65. The summed E-state index contributed by atoms with van der Waals surface area (Å²) in [7, 11) is 4.06. The van der Waals surface area contributed by atoms with Gasteiger partial charge in [0.25, 0.3) is 11.6 Å². The van der Waals surface area contributed by atoms with Gasteiger partial charge in [0.1, 0.15) is 0 Å². The van der Waals surface area contributed by atoms with Crippen molar-refractivity contribution in [1.82, 2.24) is 29.0 Å². The van der Waals surface area contributed by atoms with Crippen molar-refractivity contribution in [2.45, 2.75) is 39.4 Å². The van der Waals surface area contributed by atoms with Crippen LogP contribution in [0.2, 0.25) is 0 Å². The van der Waals surface area contributed by atoms with E-state index in [1.807, 2.05) is 44.6 Å². The SMILES string of the molecule is Cc1nc2nc(C(F)(F)F)nn2c(C)c1CCC(=O)Nc1ccc2c(ccn2CCN(C)C)c1. The summed E-state index contributed by atoms with van der Waals surface area (Å²) in [5.74, 6) is -1.54. The van der Waals surface area contributed by atoms with Crippen LogP contribution in [0.4, 0.5) is 18.9 Å². The van der Waals surface area contributed by atoms with Crippen LogP contribution in [-0.4, -0.2) is 55.6 Å². The number of alkyl halides is 3. The summed E-state index contributed by atoms with van der Waals surface area (Å²) >= 11 is 0. The van der Waals surface area contributed by atoms with E-state index in [9.17, 15) is 18.0 Å². The van der Waals surface area contributed by atoms with Gasteiger partial charge in [-0.05, 0) is 64.2 Å². The predicted octanol–water partition coefficient (Wildman–Crippen LogP) is 3.85. The predicted molar refractivity (Wildman–Crippen MR) is 123 cm³/mol. The van der Waals surface area contributed by atoms with E-state index in [1.54, 1.807) is 13.8 Å². The van der Waals surface area contributed by atoms with E-state index in [-0.39, 0.29) is 18.1 Å². The first kappa shape index (κ1) is 23.7. The summed E-state index contributed by atoms with van der Waals surface area (Å²) < 4.78 is 42.2. The quantitative estimate of drug-likeness (QED) is 0.441. The second-order valence-corrected chi connectivity index (χ2v) is 8.54. The van der Waals surface area contributed by atoms with Gasteiger partial charge in [-0.25, -0.2) is 9.50 Å². The van der Waals surface area contributed by atoms with Gasteiger partial charge in [-0.2, -0.15) is 18.2 Å². The van der Waals surface area contributed by atoms with Gasteiger partial charge in [0.2, 0.25) is 5.91 Å². The Labute approximate surface area is 194 Å². The molecule has 11 heteroatoms. The zero-order valence-corrected chi connectivity index (χ0v) is 19.4. The highest BCUT2D eigenvalue weighted by atomic mass is 19.4. The first-order chi connectivity index (χ1) is 16.0. The van der Waals surface area contributed by atoms with Crippen LogP contribution in [0.3, 0.4) is 0 Å². The Bertz CT molecular complexity index is 1350.